The van der Waals surface area contributed by atoms with Gasteiger partial charge in [0, 0.05) is 5.92 Å². The molecule has 0 heterocycles. The van der Waals surface area contributed by atoms with Crippen LogP contribution in [-0.4, -0.2) is 59.5 Å². The van der Waals surface area contributed by atoms with Crippen LogP contribution >= 0.6 is 0 Å². The molecular weight excluding hydrogens is 526 g/mol. The van der Waals surface area contributed by atoms with E-state index in [1.165, 1.54) is 18.2 Å². The lowest BCUT2D eigenvalue weighted by molar-refractivity contribution is -0.139. The molecule has 0 aliphatic rings. The molecule has 0 bridgehead atoms. The molecule has 0 spiro atoms. The van der Waals surface area contributed by atoms with Gasteiger partial charge in [0.15, 0.2) is 11.5 Å². The quantitative estimate of drug-likeness (QED) is 0.202. The lowest BCUT2D eigenvalue weighted by Gasteiger charge is -2.28. The zero-order valence-electron chi connectivity index (χ0n) is 24.9. The Morgan fingerprint density at radius 2 is 1.32 bits per heavy atom. The third kappa shape index (κ3) is 12.1. The summed E-state index contributed by atoms with van der Waals surface area (Å²) in [7, 11) is 0. The molecule has 0 amide bonds. The van der Waals surface area contributed by atoms with Crippen molar-refractivity contribution < 1.29 is 52.7 Å². The van der Waals surface area contributed by atoms with E-state index in [1.807, 2.05) is 13.8 Å². The van der Waals surface area contributed by atoms with Crippen LogP contribution in [0.4, 0.5) is 14.4 Å². The molecule has 226 valence electrons. The lowest BCUT2D eigenvalue weighted by Crippen LogP contribution is -2.40. The first-order valence-electron chi connectivity index (χ1n) is 13.0. The zero-order valence-corrected chi connectivity index (χ0v) is 24.9. The average molecular weight is 570 g/mol. The Balaban J connectivity index is 3.37. The Morgan fingerprint density at radius 1 is 0.825 bits per heavy atom. The van der Waals surface area contributed by atoms with Gasteiger partial charge in [0.05, 0.1) is 6.61 Å². The van der Waals surface area contributed by atoms with Crippen LogP contribution in [0.3, 0.4) is 0 Å². The van der Waals surface area contributed by atoms with Gasteiger partial charge in [-0.15, -0.1) is 0 Å². The summed E-state index contributed by atoms with van der Waals surface area (Å²) in [6.45, 7) is 16.8. The third-order valence-electron chi connectivity index (χ3n) is 5.49. The molecule has 3 N–H and O–H groups in total. The molecule has 0 radical (unpaired) electrons. The number of carboxylic acid groups (broad SMARTS) is 1. The molecule has 40 heavy (non-hydrogen) atoms. The molecule has 3 unspecified atom stereocenters. The standard InChI is InChI=1S/C28H43NO11/c1-15(2)17(4)36-24(32)35-14-16(3)21(22(29)23(30)31)18-11-12-19(37-25(33)39-27(5,6)7)20(13-18)38-26(34)40-28(8,9)10/h11-13,15-17,21-22H,14,29H2,1-10H3,(H,30,31)/t16?,17?,21?,22-/m0/s1. The normalized spacial score (nSPS) is 14.8. The third-order valence-corrected chi connectivity index (χ3v) is 5.49. The highest BCUT2D eigenvalue weighted by Crippen LogP contribution is 2.36. The van der Waals surface area contributed by atoms with E-state index in [4.69, 9.17) is 34.2 Å². The van der Waals surface area contributed by atoms with E-state index in [-0.39, 0.29) is 30.1 Å². The fraction of sp³-hybridized carbons (Fsp3) is 0.643. The Labute approximate surface area is 235 Å². The Bertz CT molecular complexity index is 1040. The van der Waals surface area contributed by atoms with E-state index < -0.39 is 53.5 Å². The van der Waals surface area contributed by atoms with Gasteiger partial charge in [0.25, 0.3) is 0 Å². The fourth-order valence-electron chi connectivity index (χ4n) is 3.29. The van der Waals surface area contributed by atoms with E-state index in [1.54, 1.807) is 55.4 Å². The molecule has 0 saturated carbocycles. The second-order valence-corrected chi connectivity index (χ2v) is 11.8. The predicted molar refractivity (Wildman–Crippen MR) is 144 cm³/mol. The fourth-order valence-corrected chi connectivity index (χ4v) is 3.29. The number of carbonyl (C=O) groups excluding carboxylic acids is 3. The SMILES string of the molecule is CC(C)C(C)OC(=O)OCC(C)C(c1ccc(OC(=O)OC(C)(C)C)c(OC(=O)OC(C)(C)C)c1)[C@H](N)C(=O)O. The minimum atomic E-state index is -1.43. The first-order chi connectivity index (χ1) is 18.2. The van der Waals surface area contributed by atoms with Gasteiger partial charge in [-0.3, -0.25) is 4.79 Å². The minimum Gasteiger partial charge on any atom is -0.480 e. The van der Waals surface area contributed by atoms with E-state index >= 15 is 0 Å². The van der Waals surface area contributed by atoms with Crippen LogP contribution in [0.2, 0.25) is 0 Å². The first-order valence-corrected chi connectivity index (χ1v) is 13.0. The second kappa shape index (κ2) is 14.2. The van der Waals surface area contributed by atoms with Crippen molar-refractivity contribution in [2.75, 3.05) is 6.61 Å². The van der Waals surface area contributed by atoms with Gasteiger partial charge in [-0.05, 0) is 78.0 Å². The number of rotatable bonds is 10. The summed E-state index contributed by atoms with van der Waals surface area (Å²) in [5, 5.41) is 9.70. The van der Waals surface area contributed by atoms with E-state index in [0.717, 1.165) is 0 Å². The number of benzene rings is 1. The summed E-state index contributed by atoms with van der Waals surface area (Å²) in [5.41, 5.74) is 4.60. The van der Waals surface area contributed by atoms with Crippen LogP contribution < -0.4 is 15.2 Å². The summed E-state index contributed by atoms with van der Waals surface area (Å²) >= 11 is 0. The number of hydrogen-bond donors (Lipinski definition) is 2. The smallest absolute Gasteiger partial charge is 0.480 e. The number of carboxylic acids is 1. The summed E-state index contributed by atoms with van der Waals surface area (Å²) in [4.78, 5) is 48.8. The monoisotopic (exact) mass is 569 g/mol. The van der Waals surface area contributed by atoms with Gasteiger partial charge in [0.1, 0.15) is 23.3 Å². The molecule has 4 atom stereocenters. The van der Waals surface area contributed by atoms with Gasteiger partial charge in [-0.25, -0.2) is 14.4 Å². The van der Waals surface area contributed by atoms with Gasteiger partial charge in [-0.1, -0.05) is 26.8 Å². The van der Waals surface area contributed by atoms with Crippen molar-refractivity contribution in [2.45, 2.75) is 98.5 Å². The summed E-state index contributed by atoms with van der Waals surface area (Å²) in [6.07, 6.45) is -3.42. The van der Waals surface area contributed by atoms with Crippen LogP contribution in [-0.2, 0) is 23.7 Å². The maximum atomic E-state index is 12.5. The maximum Gasteiger partial charge on any atom is 0.514 e. The van der Waals surface area contributed by atoms with Gasteiger partial charge in [0.2, 0.25) is 0 Å². The van der Waals surface area contributed by atoms with Crippen LogP contribution in [0.25, 0.3) is 0 Å². The summed E-state index contributed by atoms with van der Waals surface area (Å²) in [5.74, 6) is -3.20. The van der Waals surface area contributed by atoms with E-state index in [9.17, 15) is 24.3 Å². The van der Waals surface area contributed by atoms with Crippen molar-refractivity contribution in [3.05, 3.63) is 23.8 Å². The lowest BCUT2D eigenvalue weighted by atomic mass is 9.82. The molecule has 0 saturated heterocycles. The van der Waals surface area contributed by atoms with Crippen molar-refractivity contribution in [2.24, 2.45) is 17.6 Å². The topological polar surface area (TPSA) is 170 Å². The molecule has 0 fully saturated rings. The average Bonchev–Trinajstić information content (AvgIpc) is 2.76. The summed E-state index contributed by atoms with van der Waals surface area (Å²) < 4.78 is 31.4. The number of hydrogen-bond acceptors (Lipinski definition) is 11. The van der Waals surface area contributed by atoms with Crippen LogP contribution in [0.1, 0.15) is 80.7 Å². The highest BCUT2D eigenvalue weighted by Gasteiger charge is 2.33. The highest BCUT2D eigenvalue weighted by atomic mass is 16.8. The molecule has 1 aromatic carbocycles. The molecule has 0 aromatic heterocycles. The summed E-state index contributed by atoms with van der Waals surface area (Å²) in [6, 6.07) is 2.65. The van der Waals surface area contributed by atoms with Gasteiger partial charge >= 0.3 is 24.4 Å². The predicted octanol–water partition coefficient (Wildman–Crippen LogP) is 5.64. The second-order valence-electron chi connectivity index (χ2n) is 11.8. The number of carbonyl (C=O) groups is 4. The van der Waals surface area contributed by atoms with Crippen molar-refractivity contribution in [1.29, 1.82) is 0 Å². The van der Waals surface area contributed by atoms with Crippen LogP contribution in [0, 0.1) is 11.8 Å². The Hall–Kier alpha value is -3.54. The molecular formula is C28H43NO11. The number of nitrogens with two attached hydrogens (primary N) is 1. The minimum absolute atomic E-state index is 0.0722. The van der Waals surface area contributed by atoms with Crippen LogP contribution in [0.5, 0.6) is 11.5 Å². The first kappa shape index (κ1) is 34.5. The van der Waals surface area contributed by atoms with Crippen LogP contribution in [0.15, 0.2) is 18.2 Å². The van der Waals surface area contributed by atoms with E-state index in [0.29, 0.717) is 5.56 Å². The Kier molecular flexibility index (Phi) is 12.2. The molecule has 12 heteroatoms. The number of aliphatic carboxylic acids is 1. The van der Waals surface area contributed by atoms with E-state index in [2.05, 4.69) is 0 Å². The zero-order chi connectivity index (χ0) is 31.0. The molecule has 1 rings (SSSR count). The Morgan fingerprint density at radius 3 is 1.77 bits per heavy atom. The molecule has 0 aliphatic carbocycles. The molecule has 12 nitrogen and oxygen atoms in total. The highest BCUT2D eigenvalue weighted by molar-refractivity contribution is 5.75. The maximum absolute atomic E-state index is 12.5. The van der Waals surface area contributed by atoms with Crippen molar-refractivity contribution in [1.82, 2.24) is 0 Å². The number of ether oxygens (including phenoxy) is 6. The van der Waals surface area contributed by atoms with Crippen molar-refractivity contribution in [3.8, 4) is 11.5 Å². The van der Waals surface area contributed by atoms with Crippen molar-refractivity contribution >= 4 is 24.4 Å². The molecule has 1 aromatic rings. The van der Waals surface area contributed by atoms with Gasteiger partial charge < -0.3 is 39.3 Å². The molecule has 0 aliphatic heterocycles. The van der Waals surface area contributed by atoms with Gasteiger partial charge in [-0.2, -0.15) is 0 Å². The van der Waals surface area contributed by atoms with Crippen molar-refractivity contribution in [3.63, 3.8) is 0 Å². The largest absolute Gasteiger partial charge is 0.514 e.